The Hall–Kier alpha value is -3.44. The fraction of sp³-hybridized carbons (Fsp3) is 0.300. The fourth-order valence-electron chi connectivity index (χ4n) is 3.27. The van der Waals surface area contributed by atoms with Gasteiger partial charge < -0.3 is 19.7 Å². The molecule has 4 rings (SSSR count). The maximum atomic E-state index is 8.80. The lowest BCUT2D eigenvalue weighted by Gasteiger charge is -2.23. The first-order valence-electron chi connectivity index (χ1n) is 9.28. The van der Waals surface area contributed by atoms with Gasteiger partial charge in [-0.05, 0) is 38.2 Å². The van der Waals surface area contributed by atoms with Gasteiger partial charge in [-0.1, -0.05) is 6.07 Å². The Bertz CT molecular complexity index is 972. The van der Waals surface area contributed by atoms with Crippen LogP contribution in [0, 0.1) is 11.3 Å². The number of benzene rings is 1. The monoisotopic (exact) mass is 374 g/mol. The lowest BCUT2D eigenvalue weighted by Crippen LogP contribution is -2.28. The third-order valence-corrected chi connectivity index (χ3v) is 4.82. The number of nitrogens with zero attached hydrogens (tertiary/aromatic N) is 7. The summed E-state index contributed by atoms with van der Waals surface area (Å²) in [7, 11) is 2.18. The van der Waals surface area contributed by atoms with Crippen LogP contribution in [-0.2, 0) is 0 Å². The van der Waals surface area contributed by atoms with Gasteiger partial charge in [0.15, 0.2) is 5.69 Å². The second kappa shape index (κ2) is 8.06. The van der Waals surface area contributed by atoms with Gasteiger partial charge >= 0.3 is 0 Å². The summed E-state index contributed by atoms with van der Waals surface area (Å²) in [6.07, 6.45) is 7.81. The first kappa shape index (κ1) is 17.9. The van der Waals surface area contributed by atoms with Crippen LogP contribution >= 0.6 is 0 Å². The predicted octanol–water partition coefficient (Wildman–Crippen LogP) is 2.42. The van der Waals surface area contributed by atoms with Crippen molar-refractivity contribution in [3.05, 3.63) is 54.9 Å². The van der Waals surface area contributed by atoms with Gasteiger partial charge in [-0.15, -0.1) is 0 Å². The van der Waals surface area contributed by atoms with Crippen molar-refractivity contribution in [1.29, 1.82) is 5.26 Å². The highest BCUT2D eigenvalue weighted by atomic mass is 15.2. The molecule has 0 radical (unpaired) electrons. The lowest BCUT2D eigenvalue weighted by molar-refractivity contribution is 0.360. The summed E-state index contributed by atoms with van der Waals surface area (Å²) in [4.78, 5) is 17.4. The number of imidazole rings is 1. The first-order valence-corrected chi connectivity index (χ1v) is 9.28. The van der Waals surface area contributed by atoms with E-state index in [1.54, 1.807) is 6.33 Å². The number of anilines is 3. The van der Waals surface area contributed by atoms with Crippen LogP contribution in [0.5, 0.6) is 0 Å². The zero-order chi connectivity index (χ0) is 19.3. The summed E-state index contributed by atoms with van der Waals surface area (Å²) >= 11 is 0. The van der Waals surface area contributed by atoms with Gasteiger partial charge in [0.1, 0.15) is 24.0 Å². The van der Waals surface area contributed by atoms with E-state index >= 15 is 0 Å². The van der Waals surface area contributed by atoms with E-state index < -0.39 is 0 Å². The number of nitrogens with one attached hydrogen (secondary N) is 1. The van der Waals surface area contributed by atoms with Gasteiger partial charge in [0.25, 0.3) is 0 Å². The molecular weight excluding hydrogens is 352 g/mol. The molecule has 0 atom stereocenters. The highest BCUT2D eigenvalue weighted by Crippen LogP contribution is 2.22. The minimum Gasteiger partial charge on any atom is -0.370 e. The van der Waals surface area contributed by atoms with E-state index in [2.05, 4.69) is 61.4 Å². The van der Waals surface area contributed by atoms with Crippen molar-refractivity contribution >= 4 is 17.3 Å². The summed E-state index contributed by atoms with van der Waals surface area (Å²) in [6, 6.07) is 10.5. The Morgan fingerprint density at radius 2 is 1.89 bits per heavy atom. The topological polar surface area (TPSA) is 85.9 Å². The van der Waals surface area contributed by atoms with Crippen LogP contribution in [-0.4, -0.2) is 57.6 Å². The number of hydrogen-bond acceptors (Lipinski definition) is 7. The predicted molar refractivity (Wildman–Crippen MR) is 108 cm³/mol. The molecule has 1 aliphatic rings. The molecule has 2 aromatic heterocycles. The standard InChI is InChI=1S/C20H22N8/c1-26-6-3-7-27(9-8-26)17-4-2-5-18(10-17)28-14-20(24-15-28)25-19-13-22-16(11-21)12-23-19/h2,4-5,10,12-15H,3,6-9H2,1H3,(H,23,25). The maximum absolute atomic E-state index is 8.80. The molecule has 142 valence electrons. The Kier molecular flexibility index (Phi) is 5.17. The second-order valence-corrected chi connectivity index (χ2v) is 6.85. The maximum Gasteiger partial charge on any atom is 0.158 e. The molecule has 0 spiro atoms. The van der Waals surface area contributed by atoms with Gasteiger partial charge in [-0.25, -0.2) is 15.0 Å². The molecular formula is C20H22N8. The van der Waals surface area contributed by atoms with Crippen molar-refractivity contribution in [1.82, 2.24) is 24.4 Å². The normalized spacial score (nSPS) is 15.1. The van der Waals surface area contributed by atoms with E-state index in [-0.39, 0.29) is 5.69 Å². The van der Waals surface area contributed by atoms with Crippen molar-refractivity contribution in [3.63, 3.8) is 0 Å². The number of hydrogen-bond donors (Lipinski definition) is 1. The number of rotatable bonds is 4. The highest BCUT2D eigenvalue weighted by Gasteiger charge is 2.13. The smallest absolute Gasteiger partial charge is 0.158 e. The molecule has 0 amide bonds. The molecule has 1 aromatic carbocycles. The molecule has 0 bridgehead atoms. The molecule has 0 unspecified atom stereocenters. The summed E-state index contributed by atoms with van der Waals surface area (Å²) in [5.74, 6) is 1.22. The molecule has 28 heavy (non-hydrogen) atoms. The molecule has 8 nitrogen and oxygen atoms in total. The van der Waals surface area contributed by atoms with Crippen molar-refractivity contribution in [2.24, 2.45) is 0 Å². The summed E-state index contributed by atoms with van der Waals surface area (Å²) in [5, 5.41) is 11.9. The molecule has 3 aromatic rings. The number of likely N-dealkylation sites (N-methyl/N-ethyl adjacent to an activating group) is 1. The summed E-state index contributed by atoms with van der Waals surface area (Å²) in [6.45, 7) is 4.33. The van der Waals surface area contributed by atoms with E-state index in [0.717, 1.165) is 31.9 Å². The molecule has 1 N–H and O–H groups in total. The molecule has 0 saturated carbocycles. The fourth-order valence-corrected chi connectivity index (χ4v) is 3.27. The average Bonchev–Trinajstić information content (AvgIpc) is 3.08. The van der Waals surface area contributed by atoms with E-state index in [0.29, 0.717) is 11.6 Å². The lowest BCUT2D eigenvalue weighted by atomic mass is 10.2. The van der Waals surface area contributed by atoms with E-state index in [9.17, 15) is 0 Å². The van der Waals surface area contributed by atoms with Crippen LogP contribution in [0.25, 0.3) is 5.69 Å². The average molecular weight is 374 g/mol. The Balaban J connectivity index is 1.49. The zero-order valence-electron chi connectivity index (χ0n) is 15.8. The number of nitriles is 1. The largest absolute Gasteiger partial charge is 0.370 e. The van der Waals surface area contributed by atoms with E-state index in [1.807, 2.05) is 16.8 Å². The second-order valence-electron chi connectivity index (χ2n) is 6.85. The van der Waals surface area contributed by atoms with Crippen LogP contribution in [0.4, 0.5) is 17.3 Å². The van der Waals surface area contributed by atoms with Gasteiger partial charge in [-0.3, -0.25) is 0 Å². The van der Waals surface area contributed by atoms with Gasteiger partial charge in [0.2, 0.25) is 0 Å². The Morgan fingerprint density at radius 3 is 2.71 bits per heavy atom. The van der Waals surface area contributed by atoms with Crippen molar-refractivity contribution in [3.8, 4) is 11.8 Å². The Morgan fingerprint density at radius 1 is 1.00 bits per heavy atom. The molecule has 1 aliphatic heterocycles. The SMILES string of the molecule is CN1CCCN(c2cccc(-n3cnc(Nc4cnc(C#N)cn4)c3)c2)CC1. The minimum absolute atomic E-state index is 0.285. The molecule has 8 heteroatoms. The third-order valence-electron chi connectivity index (χ3n) is 4.82. The summed E-state index contributed by atoms with van der Waals surface area (Å²) < 4.78 is 1.98. The zero-order valence-corrected chi connectivity index (χ0v) is 15.8. The molecule has 1 saturated heterocycles. The van der Waals surface area contributed by atoms with Crippen molar-refractivity contribution < 1.29 is 0 Å². The van der Waals surface area contributed by atoms with Crippen LogP contribution in [0.1, 0.15) is 12.1 Å². The van der Waals surface area contributed by atoms with Crippen molar-refractivity contribution in [2.45, 2.75) is 6.42 Å². The van der Waals surface area contributed by atoms with E-state index in [4.69, 9.17) is 5.26 Å². The van der Waals surface area contributed by atoms with Crippen LogP contribution < -0.4 is 10.2 Å². The first-order chi connectivity index (χ1) is 13.7. The van der Waals surface area contributed by atoms with Crippen LogP contribution in [0.3, 0.4) is 0 Å². The third kappa shape index (κ3) is 4.10. The van der Waals surface area contributed by atoms with E-state index in [1.165, 1.54) is 24.5 Å². The minimum atomic E-state index is 0.285. The Labute approximate surface area is 164 Å². The van der Waals surface area contributed by atoms with Gasteiger partial charge in [0, 0.05) is 31.0 Å². The van der Waals surface area contributed by atoms with Gasteiger partial charge in [0.05, 0.1) is 18.6 Å². The molecule has 3 heterocycles. The summed E-state index contributed by atoms with van der Waals surface area (Å²) in [5.41, 5.74) is 2.57. The molecule has 1 fully saturated rings. The highest BCUT2D eigenvalue weighted by molar-refractivity contribution is 5.55. The van der Waals surface area contributed by atoms with Crippen LogP contribution in [0.15, 0.2) is 49.2 Å². The number of aromatic nitrogens is 4. The van der Waals surface area contributed by atoms with Crippen molar-refractivity contribution in [2.75, 3.05) is 43.4 Å². The quantitative estimate of drug-likeness (QED) is 0.750. The molecule has 0 aliphatic carbocycles. The van der Waals surface area contributed by atoms with Gasteiger partial charge in [-0.2, -0.15) is 5.26 Å². The van der Waals surface area contributed by atoms with Crippen LogP contribution in [0.2, 0.25) is 0 Å².